The Morgan fingerprint density at radius 2 is 1.93 bits per heavy atom. The second-order valence-electron chi connectivity index (χ2n) is 3.66. The summed E-state index contributed by atoms with van der Waals surface area (Å²) in [6.07, 6.45) is 0.744. The topological polar surface area (TPSA) is 36.3 Å². The molecule has 15 heavy (non-hydrogen) atoms. The Morgan fingerprint density at radius 3 is 2.33 bits per heavy atom. The van der Waals surface area contributed by atoms with Crippen molar-refractivity contribution < 1.29 is 4.74 Å². The van der Waals surface area contributed by atoms with Crippen molar-refractivity contribution in [1.82, 2.24) is 4.90 Å². The highest BCUT2D eigenvalue weighted by atomic mass is 16.5. The lowest BCUT2D eigenvalue weighted by molar-refractivity contribution is 0.348. The summed E-state index contributed by atoms with van der Waals surface area (Å²) in [7, 11) is 5.47. The summed E-state index contributed by atoms with van der Waals surface area (Å²) in [5, 5.41) is 8.94. The van der Waals surface area contributed by atoms with E-state index in [0.717, 1.165) is 17.7 Å². The van der Waals surface area contributed by atoms with Crippen LogP contribution in [0.2, 0.25) is 0 Å². The molecule has 0 fully saturated rings. The molecule has 0 aromatic heterocycles. The van der Waals surface area contributed by atoms with Gasteiger partial charge in [0.15, 0.2) is 0 Å². The van der Waals surface area contributed by atoms with Gasteiger partial charge in [0, 0.05) is 6.42 Å². The summed E-state index contributed by atoms with van der Waals surface area (Å²) in [5.41, 5.74) is 1.15. The minimum atomic E-state index is -0.0709. The molecule has 0 saturated carbocycles. The van der Waals surface area contributed by atoms with Crippen LogP contribution in [0.25, 0.3) is 0 Å². The maximum absolute atomic E-state index is 8.94. The van der Waals surface area contributed by atoms with Gasteiger partial charge < -0.3 is 4.74 Å². The quantitative estimate of drug-likeness (QED) is 0.748. The van der Waals surface area contributed by atoms with Gasteiger partial charge in [0.05, 0.1) is 13.2 Å². The standard InChI is InChI=1S/C12H16N2O/c1-14(2)11(9-13)8-10-4-6-12(15-3)7-5-10/h4-7,11H,8H2,1-3H3. The average Bonchev–Trinajstić information content (AvgIpc) is 2.26. The molecule has 1 unspecified atom stereocenters. The van der Waals surface area contributed by atoms with Gasteiger partial charge in [-0.15, -0.1) is 0 Å². The summed E-state index contributed by atoms with van der Waals surface area (Å²) >= 11 is 0. The van der Waals surface area contributed by atoms with E-state index in [0.29, 0.717) is 0 Å². The van der Waals surface area contributed by atoms with Crippen molar-refractivity contribution >= 4 is 0 Å². The van der Waals surface area contributed by atoms with Crippen molar-refractivity contribution in [3.8, 4) is 11.8 Å². The van der Waals surface area contributed by atoms with Gasteiger partial charge in [-0.1, -0.05) is 12.1 Å². The van der Waals surface area contributed by atoms with Crippen LogP contribution >= 0.6 is 0 Å². The van der Waals surface area contributed by atoms with E-state index in [-0.39, 0.29) is 6.04 Å². The van der Waals surface area contributed by atoms with Gasteiger partial charge >= 0.3 is 0 Å². The number of hydrogen-bond acceptors (Lipinski definition) is 3. The molecular weight excluding hydrogens is 188 g/mol. The zero-order valence-electron chi connectivity index (χ0n) is 9.40. The first-order chi connectivity index (χ1) is 7.17. The third-order valence-electron chi connectivity index (χ3n) is 2.36. The highest BCUT2D eigenvalue weighted by Crippen LogP contribution is 2.13. The highest BCUT2D eigenvalue weighted by Gasteiger charge is 2.10. The fourth-order valence-corrected chi connectivity index (χ4v) is 1.33. The van der Waals surface area contributed by atoms with Crippen molar-refractivity contribution in [2.24, 2.45) is 0 Å². The molecular formula is C12H16N2O. The maximum Gasteiger partial charge on any atom is 0.118 e. The lowest BCUT2D eigenvalue weighted by Crippen LogP contribution is -2.28. The summed E-state index contributed by atoms with van der Waals surface area (Å²) in [6.45, 7) is 0. The Bertz CT molecular complexity index is 338. The van der Waals surface area contributed by atoms with Gasteiger partial charge in [-0.3, -0.25) is 4.90 Å². The minimum Gasteiger partial charge on any atom is -0.497 e. The normalized spacial score (nSPS) is 12.2. The summed E-state index contributed by atoms with van der Waals surface area (Å²) in [6, 6.07) is 10.0. The monoisotopic (exact) mass is 204 g/mol. The molecule has 80 valence electrons. The third-order valence-corrected chi connectivity index (χ3v) is 2.36. The Labute approximate surface area is 90.9 Å². The average molecular weight is 204 g/mol. The van der Waals surface area contributed by atoms with Crippen LogP contribution in [0.4, 0.5) is 0 Å². The van der Waals surface area contributed by atoms with Crippen molar-refractivity contribution in [1.29, 1.82) is 5.26 Å². The van der Waals surface area contributed by atoms with E-state index in [1.807, 2.05) is 43.3 Å². The van der Waals surface area contributed by atoms with Gasteiger partial charge in [0.2, 0.25) is 0 Å². The molecule has 1 aromatic carbocycles. The number of rotatable bonds is 4. The summed E-state index contributed by atoms with van der Waals surface area (Å²) in [4.78, 5) is 1.92. The van der Waals surface area contributed by atoms with Gasteiger partial charge in [-0.2, -0.15) is 5.26 Å². The second-order valence-corrected chi connectivity index (χ2v) is 3.66. The highest BCUT2D eigenvalue weighted by molar-refractivity contribution is 5.28. The number of likely N-dealkylation sites (N-methyl/N-ethyl adjacent to an activating group) is 1. The Kier molecular flexibility index (Phi) is 4.14. The van der Waals surface area contributed by atoms with Crippen LogP contribution in [0.1, 0.15) is 5.56 Å². The molecule has 3 heteroatoms. The first-order valence-electron chi connectivity index (χ1n) is 4.86. The van der Waals surface area contributed by atoms with Gasteiger partial charge in [0.25, 0.3) is 0 Å². The minimum absolute atomic E-state index is 0.0709. The molecule has 0 amide bonds. The molecule has 1 rings (SSSR count). The summed E-state index contributed by atoms with van der Waals surface area (Å²) < 4.78 is 5.07. The van der Waals surface area contributed by atoms with Crippen LogP contribution < -0.4 is 4.74 Å². The molecule has 0 aliphatic heterocycles. The molecule has 0 aliphatic rings. The number of ether oxygens (including phenoxy) is 1. The van der Waals surface area contributed by atoms with Crippen LogP contribution in [-0.4, -0.2) is 32.1 Å². The zero-order chi connectivity index (χ0) is 11.3. The van der Waals surface area contributed by atoms with E-state index in [2.05, 4.69) is 6.07 Å². The van der Waals surface area contributed by atoms with Crippen LogP contribution in [-0.2, 0) is 6.42 Å². The van der Waals surface area contributed by atoms with E-state index in [1.54, 1.807) is 7.11 Å². The van der Waals surface area contributed by atoms with Gasteiger partial charge in [-0.25, -0.2) is 0 Å². The van der Waals surface area contributed by atoms with Crippen LogP contribution in [0.5, 0.6) is 5.75 Å². The number of methoxy groups -OCH3 is 1. The van der Waals surface area contributed by atoms with E-state index in [4.69, 9.17) is 10.00 Å². The van der Waals surface area contributed by atoms with Crippen molar-refractivity contribution in [2.45, 2.75) is 12.5 Å². The smallest absolute Gasteiger partial charge is 0.118 e. The number of benzene rings is 1. The molecule has 1 aromatic rings. The molecule has 0 bridgehead atoms. The largest absolute Gasteiger partial charge is 0.497 e. The van der Waals surface area contributed by atoms with Crippen LogP contribution in [0.15, 0.2) is 24.3 Å². The molecule has 0 spiro atoms. The molecule has 0 heterocycles. The first kappa shape index (κ1) is 11.5. The van der Waals surface area contributed by atoms with Crippen molar-refractivity contribution in [3.05, 3.63) is 29.8 Å². The number of nitriles is 1. The lowest BCUT2D eigenvalue weighted by Gasteiger charge is -2.16. The van der Waals surface area contributed by atoms with Crippen molar-refractivity contribution in [2.75, 3.05) is 21.2 Å². The molecule has 0 saturated heterocycles. The fourth-order valence-electron chi connectivity index (χ4n) is 1.33. The third kappa shape index (κ3) is 3.26. The molecule has 0 radical (unpaired) electrons. The Morgan fingerprint density at radius 1 is 1.33 bits per heavy atom. The lowest BCUT2D eigenvalue weighted by atomic mass is 10.1. The number of nitrogens with zero attached hydrogens (tertiary/aromatic N) is 2. The molecule has 0 aliphatic carbocycles. The zero-order valence-corrected chi connectivity index (χ0v) is 9.40. The summed E-state index contributed by atoms with van der Waals surface area (Å²) in [5.74, 6) is 0.845. The van der Waals surface area contributed by atoms with Gasteiger partial charge in [0.1, 0.15) is 11.8 Å². The van der Waals surface area contributed by atoms with Gasteiger partial charge in [-0.05, 0) is 31.8 Å². The van der Waals surface area contributed by atoms with E-state index in [9.17, 15) is 0 Å². The fraction of sp³-hybridized carbons (Fsp3) is 0.417. The maximum atomic E-state index is 8.94. The first-order valence-corrected chi connectivity index (χ1v) is 4.86. The predicted octanol–water partition coefficient (Wildman–Crippen LogP) is 1.69. The molecule has 0 N–H and O–H groups in total. The number of hydrogen-bond donors (Lipinski definition) is 0. The van der Waals surface area contributed by atoms with E-state index < -0.39 is 0 Å². The molecule has 3 nitrogen and oxygen atoms in total. The Hall–Kier alpha value is -1.53. The van der Waals surface area contributed by atoms with E-state index >= 15 is 0 Å². The molecule has 1 atom stereocenters. The predicted molar refractivity (Wildman–Crippen MR) is 59.8 cm³/mol. The SMILES string of the molecule is COc1ccc(CC(C#N)N(C)C)cc1. The van der Waals surface area contributed by atoms with Crippen molar-refractivity contribution in [3.63, 3.8) is 0 Å². The second kappa shape index (κ2) is 5.38. The van der Waals surface area contributed by atoms with Crippen LogP contribution in [0.3, 0.4) is 0 Å². The van der Waals surface area contributed by atoms with E-state index in [1.165, 1.54) is 0 Å². The van der Waals surface area contributed by atoms with Crippen LogP contribution in [0, 0.1) is 11.3 Å². The Balaban J connectivity index is 2.68.